The summed E-state index contributed by atoms with van der Waals surface area (Å²) >= 11 is 51.5. The average Bonchev–Trinajstić information content (AvgIpc) is 3.30. The summed E-state index contributed by atoms with van der Waals surface area (Å²) in [6.07, 6.45) is 0. The number of rotatable bonds is 13. The van der Waals surface area contributed by atoms with Gasteiger partial charge in [0.05, 0.1) is 26.8 Å². The van der Waals surface area contributed by atoms with E-state index >= 15 is 0 Å². The number of hydrogen-bond acceptors (Lipinski definition) is 8. The van der Waals surface area contributed by atoms with Crippen LogP contribution >= 0.6 is 249 Å². The van der Waals surface area contributed by atoms with Crippen LogP contribution < -0.4 is 28.6 Å². The van der Waals surface area contributed by atoms with Gasteiger partial charge >= 0.3 is 5.79 Å². The van der Waals surface area contributed by atoms with Crippen LogP contribution in [0.1, 0.15) is 0 Å². The van der Waals surface area contributed by atoms with Crippen LogP contribution in [0.15, 0.2) is 185 Å². The zero-order valence-electron chi connectivity index (χ0n) is 33.4. The fourth-order valence-electron chi connectivity index (χ4n) is 5.67. The highest BCUT2D eigenvalue weighted by Crippen LogP contribution is 2.58. The molecule has 0 amide bonds. The van der Waals surface area contributed by atoms with Gasteiger partial charge in [0.2, 0.25) is 5.76 Å². The summed E-state index contributed by atoms with van der Waals surface area (Å²) in [5.41, 5.74) is 0. The van der Waals surface area contributed by atoms with E-state index in [-0.39, 0.29) is 33.3 Å². The number of nitrogens with zero attached hydrogens (tertiary/aromatic N) is 1. The Morgan fingerprint density at radius 2 is 0.826 bits per heavy atom. The molecular formula is C42H22Br14N3O7P3. The Labute approximate surface area is 517 Å². The smallest absolute Gasteiger partial charge is 0.371 e. The molecule has 0 saturated heterocycles. The first-order valence-corrected chi connectivity index (χ1v) is 32.5. The molecule has 6 aromatic carbocycles. The molecule has 0 bridgehead atoms. The lowest BCUT2D eigenvalue weighted by Crippen LogP contribution is -2.66. The van der Waals surface area contributed by atoms with E-state index in [4.69, 9.17) is 33.5 Å². The van der Waals surface area contributed by atoms with Gasteiger partial charge in [-0.15, -0.1) is 4.89 Å². The van der Waals surface area contributed by atoms with Gasteiger partial charge in [-0.25, -0.2) is 0 Å². The van der Waals surface area contributed by atoms with Gasteiger partial charge < -0.3 is 37.6 Å². The number of aromatic nitrogens is 3. The lowest BCUT2D eigenvalue weighted by molar-refractivity contribution is -0.373. The fraction of sp³-hybridized carbons (Fsp3) is 0.0476. The predicted molar refractivity (Wildman–Crippen MR) is 325 cm³/mol. The number of halogens is 14. The van der Waals surface area contributed by atoms with E-state index in [1.54, 1.807) is 54.6 Å². The first kappa shape index (κ1) is 57.3. The molecule has 4 atom stereocenters. The highest BCUT2D eigenvalue weighted by atomic mass is 79.9. The van der Waals surface area contributed by atoms with Crippen LogP contribution in [0.2, 0.25) is 0 Å². The standard InChI is InChI=1S/C42H18Br14O7.H4N3P3/c43-19-1-7-31(25(49)13-19)57-38-37(55)39(58-32-8-2-20(44)14-26(32)50)41(56,60-34-10-4-22(46)16-28(34)52)42(61-35-11-5-23(47)17-29(35)53,63-62-36-12-6-24(48)18-30(36)54)40(38)59-33-9-3-21(45)15-27(33)51;1-4-2-6-3-5-1/h1-18H;1,4-5H,(H,2,3). The van der Waals surface area contributed by atoms with Crippen LogP contribution in [0.5, 0.6) is 34.5 Å². The first-order valence-electron chi connectivity index (χ1n) is 18.6. The molecule has 1 aromatic heterocycles. The Morgan fingerprint density at radius 3 is 1.19 bits per heavy atom. The van der Waals surface area contributed by atoms with Crippen molar-refractivity contribution in [1.29, 1.82) is 0 Å². The number of alkyl halides is 1. The SMILES string of the molecule is BrC1=C(Oc2ccc(Br)cc2Br)C(Br)(Oc2ccc(Br)cc2Br)C(OOc2ccc(Br)cc2Br)(Oc2ccc(Br)cc2Br)C(Oc2ccc(Br)cc2Br)=C1Oc1ccc(Br)cc1Br.n1p[nH][pH][nH][pH]1. The molecule has 2 N–H and O–H groups in total. The third kappa shape index (κ3) is 14.3. The Balaban J connectivity index is 0.00000109. The minimum absolute atomic E-state index is 0.0244. The van der Waals surface area contributed by atoms with Gasteiger partial charge in [-0.3, -0.25) is 0 Å². The first-order chi connectivity index (χ1) is 32.9. The lowest BCUT2D eigenvalue weighted by atomic mass is 9.97. The van der Waals surface area contributed by atoms with Gasteiger partial charge in [0.1, 0.15) is 41.7 Å². The molecule has 1 aliphatic rings. The number of benzene rings is 6. The van der Waals surface area contributed by atoms with E-state index in [9.17, 15) is 0 Å². The molecule has 1 aliphatic carbocycles. The number of nitrogens with one attached hydrogen (secondary N) is 2. The molecule has 0 fully saturated rings. The zero-order valence-corrected chi connectivity index (χ0v) is 58.5. The Kier molecular flexibility index (Phi) is 21.7. The fourth-order valence-corrected chi connectivity index (χ4v) is 16.7. The van der Waals surface area contributed by atoms with Crippen LogP contribution in [-0.4, -0.2) is 23.8 Å². The minimum Gasteiger partial charge on any atom is -0.459 e. The van der Waals surface area contributed by atoms with Crippen molar-refractivity contribution in [2.75, 3.05) is 0 Å². The minimum atomic E-state index is -2.47. The second kappa shape index (κ2) is 26.1. The van der Waals surface area contributed by atoms with E-state index in [1.165, 1.54) is 0 Å². The normalized spacial score (nSPS) is 17.0. The molecule has 69 heavy (non-hydrogen) atoms. The molecule has 0 spiro atoms. The van der Waals surface area contributed by atoms with Gasteiger partial charge in [-0.05, 0) is 237 Å². The molecule has 0 saturated carbocycles. The predicted octanol–water partition coefficient (Wildman–Crippen LogP) is 21.7. The largest absolute Gasteiger partial charge is 0.459 e. The van der Waals surface area contributed by atoms with Crippen molar-refractivity contribution in [3.63, 3.8) is 0 Å². The van der Waals surface area contributed by atoms with E-state index < -0.39 is 10.3 Å². The summed E-state index contributed by atoms with van der Waals surface area (Å²) in [6, 6.07) is 32.4. The van der Waals surface area contributed by atoms with Crippen molar-refractivity contribution in [2.24, 2.45) is 0 Å². The highest BCUT2D eigenvalue weighted by Gasteiger charge is 2.71. The monoisotopic (exact) mass is 1880 g/mol. The topological polar surface area (TPSA) is 109 Å². The quantitative estimate of drug-likeness (QED) is 0.0509. The molecule has 27 heteroatoms. The summed E-state index contributed by atoms with van der Waals surface area (Å²) in [5, 5.41) is 0. The third-order valence-corrected chi connectivity index (χ3v) is 19.7. The van der Waals surface area contributed by atoms with Crippen LogP contribution in [0.3, 0.4) is 0 Å². The zero-order chi connectivity index (χ0) is 49.6. The van der Waals surface area contributed by atoms with E-state index in [1.807, 2.05) is 54.6 Å². The molecule has 7 aromatic rings. The second-order valence-corrected chi connectivity index (χ2v) is 29.2. The Hall–Kier alpha value is 0.580. The van der Waals surface area contributed by atoms with Crippen LogP contribution in [0, 0.1) is 0 Å². The van der Waals surface area contributed by atoms with Crippen molar-refractivity contribution in [3.8, 4) is 34.5 Å². The van der Waals surface area contributed by atoms with Crippen LogP contribution in [0.4, 0.5) is 0 Å². The van der Waals surface area contributed by atoms with Crippen molar-refractivity contribution < 1.29 is 33.5 Å². The summed E-state index contributed by atoms with van der Waals surface area (Å²) in [6.45, 7) is 0. The van der Waals surface area contributed by atoms with Gasteiger partial charge in [0.25, 0.3) is 4.51 Å². The molecule has 360 valence electrons. The molecule has 0 radical (unpaired) electrons. The summed E-state index contributed by atoms with van der Waals surface area (Å²) in [7, 11) is 2.36. The van der Waals surface area contributed by atoms with Crippen LogP contribution in [-0.2, 0) is 4.89 Å². The van der Waals surface area contributed by atoms with Crippen molar-refractivity contribution in [3.05, 3.63) is 185 Å². The highest BCUT2D eigenvalue weighted by molar-refractivity contribution is 9.13. The molecular weight excluding hydrogens is 1870 g/mol. The van der Waals surface area contributed by atoms with E-state index in [0.29, 0.717) is 66.9 Å². The van der Waals surface area contributed by atoms with Crippen molar-refractivity contribution in [1.82, 2.24) is 13.5 Å². The maximum absolute atomic E-state index is 7.30. The number of ether oxygens (including phenoxy) is 5. The maximum Gasteiger partial charge on any atom is 0.371 e. The molecule has 0 aliphatic heterocycles. The summed E-state index contributed by atoms with van der Waals surface area (Å²) in [5.74, 6) is -0.665. The maximum atomic E-state index is 7.30. The average molecular weight is 1890 g/mol. The van der Waals surface area contributed by atoms with Gasteiger partial charge in [0, 0.05) is 43.9 Å². The molecule has 10 nitrogen and oxygen atoms in total. The number of hydrogen-bond donors (Lipinski definition) is 2. The Bertz CT molecular complexity index is 3090. The van der Waals surface area contributed by atoms with Crippen LogP contribution in [0.25, 0.3) is 0 Å². The molecule has 1 heterocycles. The van der Waals surface area contributed by atoms with E-state index in [2.05, 4.69) is 237 Å². The van der Waals surface area contributed by atoms with E-state index in [0.717, 1.165) is 35.3 Å². The summed E-state index contributed by atoms with van der Waals surface area (Å²) < 4.78 is 51.7. The number of aromatic amines is 2. The second-order valence-electron chi connectivity index (χ2n) is 13.3. The van der Waals surface area contributed by atoms with Crippen molar-refractivity contribution >= 4 is 249 Å². The molecule has 4 unspecified atom stereocenters. The van der Waals surface area contributed by atoms with Gasteiger partial charge in [-0.1, -0.05) is 95.6 Å². The van der Waals surface area contributed by atoms with Crippen molar-refractivity contribution in [2.45, 2.75) is 10.3 Å². The Morgan fingerprint density at radius 1 is 0.449 bits per heavy atom. The van der Waals surface area contributed by atoms with Gasteiger partial charge in [-0.2, -0.15) is 4.51 Å². The lowest BCUT2D eigenvalue weighted by Gasteiger charge is -2.47. The third-order valence-electron chi connectivity index (χ3n) is 8.70. The number of allylic oxidation sites excluding steroid dienone is 1. The van der Waals surface area contributed by atoms with Gasteiger partial charge in [0.15, 0.2) is 17.3 Å². The summed E-state index contributed by atoms with van der Waals surface area (Å²) in [4.78, 5) is 13.3. The molecule has 8 rings (SSSR count). The number of H-pyrrole nitrogens is 2.